The molecule has 2 aliphatic heterocycles. The molecule has 22 heavy (non-hydrogen) atoms. The van der Waals surface area contributed by atoms with Crippen LogP contribution >= 0.6 is 0 Å². The van der Waals surface area contributed by atoms with Crippen molar-refractivity contribution < 1.29 is 0 Å². The second-order valence-corrected chi connectivity index (χ2v) is 10.9. The van der Waals surface area contributed by atoms with Crippen LogP contribution in [0.15, 0.2) is 34.3 Å². The van der Waals surface area contributed by atoms with Gasteiger partial charge in [0.15, 0.2) is 0 Å². The molecule has 2 atom stereocenters. The maximum absolute atomic E-state index is 4.98. The average Bonchev–Trinajstić information content (AvgIpc) is 3.17. The molecule has 3 rings (SSSR count). The van der Waals surface area contributed by atoms with Crippen LogP contribution in [-0.2, 0) is 0 Å². The molecule has 0 unspecified atom stereocenters. The van der Waals surface area contributed by atoms with Crippen molar-refractivity contribution in [3.8, 4) is 0 Å². The Bertz CT molecular complexity index is 556. The monoisotopic (exact) mass is 428 g/mol. The van der Waals surface area contributed by atoms with Gasteiger partial charge in [0.25, 0.3) is 0 Å². The van der Waals surface area contributed by atoms with Gasteiger partial charge in [0.1, 0.15) is 0 Å². The predicted molar refractivity (Wildman–Crippen MR) is 97.9 cm³/mol. The Kier molecular flexibility index (Phi) is 5.24. The summed E-state index contributed by atoms with van der Waals surface area (Å²) in [5.41, 5.74) is 2.68. The summed E-state index contributed by atoms with van der Waals surface area (Å²) in [6, 6.07) is 10.1. The van der Waals surface area contributed by atoms with Gasteiger partial charge in [-0.3, -0.25) is 0 Å². The van der Waals surface area contributed by atoms with E-state index in [1.165, 1.54) is 31.0 Å². The molecule has 0 fully saturated rings. The first kappa shape index (κ1) is 16.5. The van der Waals surface area contributed by atoms with Crippen LogP contribution in [0.3, 0.4) is 0 Å². The third kappa shape index (κ3) is 3.57. The number of benzene rings is 1. The van der Waals surface area contributed by atoms with Crippen molar-refractivity contribution in [2.75, 3.05) is 0 Å². The van der Waals surface area contributed by atoms with Gasteiger partial charge >= 0.3 is 147 Å². The zero-order valence-electron chi connectivity index (χ0n) is 13.7. The van der Waals surface area contributed by atoms with Gasteiger partial charge < -0.3 is 0 Å². The summed E-state index contributed by atoms with van der Waals surface area (Å²) in [5.74, 6) is 1.33. The minimum atomic E-state index is 0.538. The summed E-state index contributed by atoms with van der Waals surface area (Å²) in [6.07, 6.45) is 0. The SMILES string of the molecule is CC(C)[C@H]1C[Se]C(c2cccc(C3=N[C@@H](C(C)C)C[Se]3)c2)=N1. The third-order valence-corrected chi connectivity index (χ3v) is 8.95. The molecule has 0 radical (unpaired) electrons. The molecule has 0 N–H and O–H groups in total. The maximum atomic E-state index is 4.98. The van der Waals surface area contributed by atoms with Crippen LogP contribution in [-0.4, -0.2) is 51.2 Å². The summed E-state index contributed by atoms with van der Waals surface area (Å²) in [4.78, 5) is 9.96. The van der Waals surface area contributed by atoms with E-state index in [9.17, 15) is 0 Å². The van der Waals surface area contributed by atoms with Crippen LogP contribution in [0.5, 0.6) is 0 Å². The van der Waals surface area contributed by atoms with Crippen LogP contribution in [0.2, 0.25) is 10.6 Å². The molecule has 4 heteroatoms. The van der Waals surface area contributed by atoms with E-state index in [1.54, 1.807) is 0 Å². The summed E-state index contributed by atoms with van der Waals surface area (Å²) < 4.78 is 2.72. The second-order valence-electron chi connectivity index (χ2n) is 6.69. The van der Waals surface area contributed by atoms with Gasteiger partial charge in [-0.2, -0.15) is 0 Å². The summed E-state index contributed by atoms with van der Waals surface area (Å²) in [7, 11) is 0. The van der Waals surface area contributed by atoms with Crippen molar-refractivity contribution in [3.63, 3.8) is 0 Å². The molecule has 0 aromatic heterocycles. The molecule has 1 aromatic carbocycles. The first-order valence-corrected chi connectivity index (χ1v) is 12.2. The van der Waals surface area contributed by atoms with Crippen LogP contribution < -0.4 is 0 Å². The number of nitrogens with zero attached hydrogens (tertiary/aromatic N) is 2. The Balaban J connectivity index is 1.82. The molecule has 2 aliphatic rings. The molecule has 0 bridgehead atoms. The summed E-state index contributed by atoms with van der Waals surface area (Å²) >= 11 is 1.08. The first-order valence-electron chi connectivity index (χ1n) is 8.06. The van der Waals surface area contributed by atoms with E-state index < -0.39 is 0 Å². The fourth-order valence-electron chi connectivity index (χ4n) is 2.56. The first-order chi connectivity index (χ1) is 10.5. The Morgan fingerprint density at radius 3 is 1.68 bits per heavy atom. The van der Waals surface area contributed by atoms with Crippen LogP contribution in [0, 0.1) is 11.8 Å². The Morgan fingerprint density at radius 1 is 0.864 bits per heavy atom. The van der Waals surface area contributed by atoms with E-state index in [-0.39, 0.29) is 0 Å². The van der Waals surface area contributed by atoms with Gasteiger partial charge in [-0.1, -0.05) is 0 Å². The van der Waals surface area contributed by atoms with Gasteiger partial charge in [-0.15, -0.1) is 0 Å². The topological polar surface area (TPSA) is 24.7 Å². The molecule has 0 saturated carbocycles. The standard InChI is InChI=1S/C18H24N2Se2/c1-11(2)15-9-21-17(19-15)13-6-5-7-14(8-13)18-20-16(10-22-18)12(3)4/h5-8,11-12,15-16H,9-10H2,1-4H3/t15-,16-/m1/s1. The van der Waals surface area contributed by atoms with Gasteiger partial charge in [0.05, 0.1) is 0 Å². The molecule has 0 spiro atoms. The summed E-state index contributed by atoms with van der Waals surface area (Å²) in [6.45, 7) is 9.13. The van der Waals surface area contributed by atoms with Crippen molar-refractivity contribution in [2.45, 2.75) is 50.4 Å². The van der Waals surface area contributed by atoms with E-state index in [4.69, 9.17) is 9.98 Å². The van der Waals surface area contributed by atoms with Crippen molar-refractivity contribution in [3.05, 3.63) is 35.4 Å². The number of hydrogen-bond donors (Lipinski definition) is 0. The van der Waals surface area contributed by atoms with Gasteiger partial charge in [0.2, 0.25) is 0 Å². The molecule has 0 amide bonds. The molecular weight excluding hydrogens is 402 g/mol. The van der Waals surface area contributed by atoms with Crippen LogP contribution in [0.4, 0.5) is 0 Å². The van der Waals surface area contributed by atoms with Gasteiger partial charge in [-0.05, 0) is 0 Å². The second kappa shape index (κ2) is 7.01. The third-order valence-electron chi connectivity index (χ3n) is 4.24. The van der Waals surface area contributed by atoms with Crippen molar-refractivity contribution >= 4 is 39.1 Å². The molecule has 118 valence electrons. The Morgan fingerprint density at radius 2 is 1.32 bits per heavy atom. The fourth-order valence-corrected chi connectivity index (χ4v) is 7.98. The number of rotatable bonds is 4. The van der Waals surface area contributed by atoms with Crippen molar-refractivity contribution in [1.29, 1.82) is 0 Å². The molecule has 2 heterocycles. The normalized spacial score (nSPS) is 25.0. The molecule has 2 nitrogen and oxygen atoms in total. The average molecular weight is 426 g/mol. The zero-order valence-corrected chi connectivity index (χ0v) is 17.2. The van der Waals surface area contributed by atoms with Crippen molar-refractivity contribution in [2.24, 2.45) is 21.8 Å². The Labute approximate surface area is 146 Å². The molecule has 0 aliphatic carbocycles. The van der Waals surface area contributed by atoms with Crippen LogP contribution in [0.25, 0.3) is 0 Å². The molecular formula is C18H24N2Se2. The minimum absolute atomic E-state index is 0.538. The van der Waals surface area contributed by atoms with E-state index in [1.807, 2.05) is 0 Å². The van der Waals surface area contributed by atoms with E-state index in [2.05, 4.69) is 52.0 Å². The van der Waals surface area contributed by atoms with Gasteiger partial charge in [-0.25, -0.2) is 0 Å². The van der Waals surface area contributed by atoms with Crippen LogP contribution in [0.1, 0.15) is 38.8 Å². The molecule has 0 saturated heterocycles. The van der Waals surface area contributed by atoms with E-state index in [0.29, 0.717) is 53.8 Å². The summed E-state index contributed by atoms with van der Waals surface area (Å²) in [5, 5.41) is 2.54. The Hall–Kier alpha value is -0.401. The quantitative estimate of drug-likeness (QED) is 0.659. The number of aliphatic imine (C=N–C) groups is 2. The van der Waals surface area contributed by atoms with E-state index >= 15 is 0 Å². The molecule has 1 aromatic rings. The predicted octanol–water partition coefficient (Wildman–Crippen LogP) is 3.50. The fraction of sp³-hybridized carbons (Fsp3) is 0.556. The number of hydrogen-bond acceptors (Lipinski definition) is 2. The zero-order chi connectivity index (χ0) is 15.7. The van der Waals surface area contributed by atoms with Crippen molar-refractivity contribution in [1.82, 2.24) is 0 Å². The van der Waals surface area contributed by atoms with Gasteiger partial charge in [0, 0.05) is 0 Å². The van der Waals surface area contributed by atoms with E-state index in [0.717, 1.165) is 0 Å².